The van der Waals surface area contributed by atoms with Crippen LogP contribution in [0.25, 0.3) is 0 Å². The van der Waals surface area contributed by atoms with Crippen molar-refractivity contribution in [2.45, 2.75) is 38.6 Å². The Morgan fingerprint density at radius 2 is 2.33 bits per heavy atom. The van der Waals surface area contributed by atoms with Crippen LogP contribution in [-0.2, 0) is 4.79 Å². The molecule has 3 N–H and O–H groups in total. The minimum Gasteiger partial charge on any atom is -0.480 e. The molecule has 0 aromatic rings. The Morgan fingerprint density at radius 1 is 1.60 bits per heavy atom. The zero-order chi connectivity index (χ0) is 11.3. The van der Waals surface area contributed by atoms with Crippen LogP contribution in [0.3, 0.4) is 0 Å². The van der Waals surface area contributed by atoms with Gasteiger partial charge in [0.05, 0.1) is 0 Å². The van der Waals surface area contributed by atoms with E-state index < -0.39 is 11.5 Å². The van der Waals surface area contributed by atoms with Gasteiger partial charge < -0.3 is 15.7 Å². The van der Waals surface area contributed by atoms with Crippen LogP contribution in [0.15, 0.2) is 0 Å². The molecule has 0 aromatic heterocycles. The Hall–Kier alpha value is -0.610. The Bertz CT molecular complexity index is 221. The lowest BCUT2D eigenvalue weighted by Gasteiger charge is -2.41. The second-order valence-corrected chi connectivity index (χ2v) is 4.26. The van der Waals surface area contributed by atoms with E-state index in [0.717, 1.165) is 32.5 Å². The van der Waals surface area contributed by atoms with Crippen molar-refractivity contribution >= 4 is 5.97 Å². The molecule has 1 rings (SSSR count). The molecule has 0 aliphatic carbocycles. The van der Waals surface area contributed by atoms with Gasteiger partial charge in [0.2, 0.25) is 0 Å². The van der Waals surface area contributed by atoms with E-state index in [4.69, 9.17) is 0 Å². The van der Waals surface area contributed by atoms with Crippen molar-refractivity contribution in [3.05, 3.63) is 0 Å². The van der Waals surface area contributed by atoms with Gasteiger partial charge >= 0.3 is 5.97 Å². The predicted octanol–water partition coefficient (Wildman–Crippen LogP) is 0.829. The first-order chi connectivity index (χ1) is 7.17. The van der Waals surface area contributed by atoms with Gasteiger partial charge in [-0.3, -0.25) is 4.79 Å². The number of carboxylic acid groups (broad SMARTS) is 1. The van der Waals surface area contributed by atoms with Crippen molar-refractivity contribution in [3.63, 3.8) is 0 Å². The van der Waals surface area contributed by atoms with Crippen LogP contribution in [0, 0.1) is 5.92 Å². The average molecular weight is 214 g/mol. The third-order valence-electron chi connectivity index (χ3n) is 3.35. The molecule has 0 spiro atoms. The van der Waals surface area contributed by atoms with Crippen molar-refractivity contribution < 1.29 is 9.90 Å². The van der Waals surface area contributed by atoms with E-state index in [1.807, 2.05) is 0 Å². The maximum Gasteiger partial charge on any atom is 0.324 e. The summed E-state index contributed by atoms with van der Waals surface area (Å²) >= 11 is 0. The highest BCUT2D eigenvalue weighted by atomic mass is 16.4. The van der Waals surface area contributed by atoms with Crippen LogP contribution >= 0.6 is 0 Å². The van der Waals surface area contributed by atoms with Gasteiger partial charge in [0.15, 0.2) is 0 Å². The first kappa shape index (κ1) is 12.5. The van der Waals surface area contributed by atoms with Crippen LogP contribution in [0.5, 0.6) is 0 Å². The first-order valence-corrected chi connectivity index (χ1v) is 5.86. The second-order valence-electron chi connectivity index (χ2n) is 4.26. The third kappa shape index (κ3) is 2.49. The van der Waals surface area contributed by atoms with Crippen molar-refractivity contribution in [2.75, 3.05) is 19.6 Å². The highest BCUT2D eigenvalue weighted by molar-refractivity contribution is 5.79. The van der Waals surface area contributed by atoms with Crippen LogP contribution in [-0.4, -0.2) is 36.2 Å². The van der Waals surface area contributed by atoms with Gasteiger partial charge in [-0.2, -0.15) is 0 Å². The van der Waals surface area contributed by atoms with Crippen LogP contribution in [0.4, 0.5) is 0 Å². The van der Waals surface area contributed by atoms with E-state index in [2.05, 4.69) is 24.5 Å². The largest absolute Gasteiger partial charge is 0.480 e. The van der Waals surface area contributed by atoms with E-state index in [9.17, 15) is 9.90 Å². The maximum atomic E-state index is 11.5. The fourth-order valence-corrected chi connectivity index (χ4v) is 2.37. The number of nitrogens with one attached hydrogen (secondary N) is 2. The average Bonchev–Trinajstić information content (AvgIpc) is 2.26. The molecule has 2 atom stereocenters. The van der Waals surface area contributed by atoms with Gasteiger partial charge in [0.25, 0.3) is 0 Å². The number of piperidine rings is 1. The molecule has 0 saturated carbocycles. The standard InChI is InChI=1S/C11H22N2O2/c1-3-6-13-11(10(14)15)5-7-12-8-9(11)4-2/h9,12-13H,3-8H2,1-2H3,(H,14,15). The van der Waals surface area contributed by atoms with Gasteiger partial charge in [-0.15, -0.1) is 0 Å². The fraction of sp³-hybridized carbons (Fsp3) is 0.909. The molecule has 1 saturated heterocycles. The molecule has 2 unspecified atom stereocenters. The van der Waals surface area contributed by atoms with Crippen LogP contribution < -0.4 is 10.6 Å². The van der Waals surface area contributed by atoms with Crippen LogP contribution in [0.1, 0.15) is 33.1 Å². The van der Waals surface area contributed by atoms with E-state index >= 15 is 0 Å². The number of hydrogen-bond acceptors (Lipinski definition) is 3. The van der Waals surface area contributed by atoms with Gasteiger partial charge in [-0.25, -0.2) is 0 Å². The number of carboxylic acids is 1. The molecule has 1 aliphatic rings. The lowest BCUT2D eigenvalue weighted by Crippen LogP contribution is -2.63. The van der Waals surface area contributed by atoms with Crippen LogP contribution in [0.2, 0.25) is 0 Å². The molecule has 15 heavy (non-hydrogen) atoms. The van der Waals surface area contributed by atoms with Crippen molar-refractivity contribution in [1.82, 2.24) is 10.6 Å². The van der Waals surface area contributed by atoms with Gasteiger partial charge in [0.1, 0.15) is 5.54 Å². The Labute approximate surface area is 91.4 Å². The lowest BCUT2D eigenvalue weighted by atomic mass is 9.77. The summed E-state index contributed by atoms with van der Waals surface area (Å²) in [5.74, 6) is -0.500. The molecular weight excluding hydrogens is 192 g/mol. The van der Waals surface area contributed by atoms with E-state index in [-0.39, 0.29) is 5.92 Å². The topological polar surface area (TPSA) is 61.4 Å². The number of aliphatic carboxylic acids is 1. The highest BCUT2D eigenvalue weighted by Gasteiger charge is 2.45. The minimum absolute atomic E-state index is 0.190. The summed E-state index contributed by atoms with van der Waals surface area (Å²) < 4.78 is 0. The zero-order valence-electron chi connectivity index (χ0n) is 9.68. The van der Waals surface area contributed by atoms with Gasteiger partial charge in [-0.05, 0) is 32.4 Å². The van der Waals surface area contributed by atoms with Crippen molar-refractivity contribution in [3.8, 4) is 0 Å². The summed E-state index contributed by atoms with van der Waals surface area (Å²) in [6.45, 7) is 6.50. The summed E-state index contributed by atoms with van der Waals surface area (Å²) in [6.07, 6.45) is 2.55. The molecule has 88 valence electrons. The predicted molar refractivity (Wildman–Crippen MR) is 59.9 cm³/mol. The zero-order valence-corrected chi connectivity index (χ0v) is 9.68. The fourth-order valence-electron chi connectivity index (χ4n) is 2.37. The number of hydrogen-bond donors (Lipinski definition) is 3. The molecule has 0 bridgehead atoms. The second kappa shape index (κ2) is 5.47. The Balaban J connectivity index is 2.79. The summed E-state index contributed by atoms with van der Waals surface area (Å²) in [6, 6.07) is 0. The number of carbonyl (C=O) groups is 1. The third-order valence-corrected chi connectivity index (χ3v) is 3.35. The summed E-state index contributed by atoms with van der Waals surface area (Å²) in [5.41, 5.74) is -0.698. The quantitative estimate of drug-likeness (QED) is 0.634. The molecule has 1 heterocycles. The highest BCUT2D eigenvalue weighted by Crippen LogP contribution is 2.27. The van der Waals surface area contributed by atoms with E-state index in [0.29, 0.717) is 6.42 Å². The summed E-state index contributed by atoms with van der Waals surface area (Å²) in [5, 5.41) is 15.9. The van der Waals surface area contributed by atoms with E-state index in [1.54, 1.807) is 0 Å². The summed E-state index contributed by atoms with van der Waals surface area (Å²) in [4.78, 5) is 11.5. The smallest absolute Gasteiger partial charge is 0.324 e. The molecule has 0 radical (unpaired) electrons. The van der Waals surface area contributed by atoms with Gasteiger partial charge in [0, 0.05) is 12.5 Å². The lowest BCUT2D eigenvalue weighted by molar-refractivity contribution is -0.149. The van der Waals surface area contributed by atoms with Crippen molar-refractivity contribution in [1.29, 1.82) is 0 Å². The Kier molecular flexibility index (Phi) is 4.54. The summed E-state index contributed by atoms with van der Waals surface area (Å²) in [7, 11) is 0. The molecule has 4 nitrogen and oxygen atoms in total. The molecule has 1 aliphatic heterocycles. The molecule has 4 heteroatoms. The van der Waals surface area contributed by atoms with Gasteiger partial charge in [-0.1, -0.05) is 13.8 Å². The molecule has 0 aromatic carbocycles. The normalized spacial score (nSPS) is 31.5. The minimum atomic E-state index is -0.698. The number of rotatable bonds is 5. The van der Waals surface area contributed by atoms with Crippen molar-refractivity contribution in [2.24, 2.45) is 5.92 Å². The van der Waals surface area contributed by atoms with E-state index in [1.165, 1.54) is 0 Å². The molecule has 0 amide bonds. The first-order valence-electron chi connectivity index (χ1n) is 5.86. The SMILES string of the molecule is CCCNC1(C(=O)O)CCNCC1CC. The molecular formula is C11H22N2O2. The maximum absolute atomic E-state index is 11.5. The monoisotopic (exact) mass is 214 g/mol. The Morgan fingerprint density at radius 3 is 2.87 bits per heavy atom. The molecule has 1 fully saturated rings.